The summed E-state index contributed by atoms with van der Waals surface area (Å²) in [7, 11) is 0. The van der Waals surface area contributed by atoms with Crippen molar-refractivity contribution in [2.24, 2.45) is 11.8 Å². The van der Waals surface area contributed by atoms with Gasteiger partial charge in [-0.25, -0.2) is 4.79 Å². The van der Waals surface area contributed by atoms with Crippen LogP contribution in [0.2, 0.25) is 5.02 Å². The van der Waals surface area contributed by atoms with E-state index >= 15 is 0 Å². The Kier molecular flexibility index (Phi) is 10.8. The Morgan fingerprint density at radius 1 is 1.12 bits per heavy atom. The van der Waals surface area contributed by atoms with Crippen molar-refractivity contribution in [3.8, 4) is 0 Å². The maximum atomic E-state index is 13.4. The molecule has 3 rings (SSSR count). The normalized spacial score (nSPS) is 18.8. The molecule has 41 heavy (non-hydrogen) atoms. The molecule has 0 spiro atoms. The molecule has 8 nitrogen and oxygen atoms in total. The van der Waals surface area contributed by atoms with Crippen LogP contribution < -0.4 is 16.0 Å². The van der Waals surface area contributed by atoms with Crippen molar-refractivity contribution in [3.63, 3.8) is 0 Å². The molecule has 0 saturated carbocycles. The fraction of sp³-hybridized carbons (Fsp3) is 0.531. The molecule has 1 saturated heterocycles. The van der Waals surface area contributed by atoms with Gasteiger partial charge in [0, 0.05) is 21.9 Å². The van der Waals surface area contributed by atoms with Gasteiger partial charge in [-0.05, 0) is 62.3 Å². The van der Waals surface area contributed by atoms with Gasteiger partial charge in [-0.2, -0.15) is 0 Å². The average Bonchev–Trinajstić information content (AvgIpc) is 3.16. The Morgan fingerprint density at radius 3 is 2.37 bits per heavy atom. The van der Waals surface area contributed by atoms with Crippen molar-refractivity contribution in [2.75, 3.05) is 6.61 Å². The molecule has 4 atom stereocenters. The number of carbonyl (C=O) groups excluding carboxylic acids is 3. The van der Waals surface area contributed by atoms with Gasteiger partial charge < -0.3 is 25.8 Å². The molecule has 1 heterocycles. The minimum absolute atomic E-state index is 0.0857. The summed E-state index contributed by atoms with van der Waals surface area (Å²) in [6.45, 7) is 11.4. The molecule has 3 amide bonds. The number of benzene rings is 2. The fourth-order valence-electron chi connectivity index (χ4n) is 5.50. The van der Waals surface area contributed by atoms with Gasteiger partial charge in [-0.15, -0.1) is 0 Å². The Hall–Kier alpha value is -3.10. The average molecular weight is 586 g/mol. The van der Waals surface area contributed by atoms with Gasteiger partial charge in [-0.3, -0.25) is 9.59 Å². The zero-order valence-electron chi connectivity index (χ0n) is 24.9. The lowest BCUT2D eigenvalue weighted by atomic mass is 9.76. The highest BCUT2D eigenvalue weighted by atomic mass is 35.5. The maximum absolute atomic E-state index is 13.4. The van der Waals surface area contributed by atoms with E-state index in [0.717, 1.165) is 11.1 Å². The zero-order valence-corrected chi connectivity index (χ0v) is 25.6. The van der Waals surface area contributed by atoms with Gasteiger partial charge in [0.15, 0.2) is 0 Å². The van der Waals surface area contributed by atoms with Gasteiger partial charge in [0.1, 0.15) is 12.1 Å². The van der Waals surface area contributed by atoms with E-state index in [4.69, 9.17) is 16.3 Å². The molecule has 2 aromatic carbocycles. The van der Waals surface area contributed by atoms with Crippen LogP contribution in [-0.4, -0.2) is 47.2 Å². The molecule has 4 unspecified atom stereocenters. The van der Waals surface area contributed by atoms with Crippen LogP contribution in [0.3, 0.4) is 0 Å². The molecule has 1 aliphatic rings. The first-order valence-electron chi connectivity index (χ1n) is 14.2. The number of aliphatic hydroxyl groups is 1. The summed E-state index contributed by atoms with van der Waals surface area (Å²) >= 11 is 6.28. The minimum Gasteiger partial charge on any atom is -0.440 e. The number of aliphatic hydroxyl groups excluding tert-OH is 1. The summed E-state index contributed by atoms with van der Waals surface area (Å²) in [6, 6.07) is 15.4. The summed E-state index contributed by atoms with van der Waals surface area (Å²) in [5, 5.41) is 19.1. The van der Waals surface area contributed by atoms with Crippen molar-refractivity contribution in [1.82, 2.24) is 16.0 Å². The lowest BCUT2D eigenvalue weighted by Gasteiger charge is -2.35. The van der Waals surface area contributed by atoms with Crippen LogP contribution in [0.4, 0.5) is 4.79 Å². The van der Waals surface area contributed by atoms with Gasteiger partial charge in [-0.1, -0.05) is 81.8 Å². The number of hydrogen-bond donors (Lipinski definition) is 4. The van der Waals surface area contributed by atoms with Crippen LogP contribution >= 0.6 is 11.6 Å². The molecular weight excluding hydrogens is 542 g/mol. The summed E-state index contributed by atoms with van der Waals surface area (Å²) in [6.07, 6.45) is -0.127. The molecule has 0 aliphatic carbocycles. The predicted molar refractivity (Wildman–Crippen MR) is 160 cm³/mol. The third kappa shape index (κ3) is 8.94. The molecule has 9 heteroatoms. The van der Waals surface area contributed by atoms with Crippen molar-refractivity contribution in [1.29, 1.82) is 0 Å². The molecular formula is C32H44ClN3O5. The SMILES string of the molecule is CC(C)CC(NC(=O)OC(c1ccccc1)C(C)(C)c1cccc(Cl)c1)C(=O)NC(CO)CC1CC(C)(C)NC1=O. The third-order valence-electron chi connectivity index (χ3n) is 7.59. The lowest BCUT2D eigenvalue weighted by molar-refractivity contribution is -0.126. The van der Waals surface area contributed by atoms with Gasteiger partial charge in [0.2, 0.25) is 11.8 Å². The second-order valence-electron chi connectivity index (χ2n) is 12.7. The van der Waals surface area contributed by atoms with Gasteiger partial charge in [0.25, 0.3) is 0 Å². The third-order valence-corrected chi connectivity index (χ3v) is 7.83. The van der Waals surface area contributed by atoms with Crippen LogP contribution in [0, 0.1) is 11.8 Å². The number of carbonyl (C=O) groups is 3. The Labute approximate surface area is 248 Å². The summed E-state index contributed by atoms with van der Waals surface area (Å²) < 4.78 is 6.06. The summed E-state index contributed by atoms with van der Waals surface area (Å²) in [5.74, 6) is -0.743. The number of alkyl carbamates (subject to hydrolysis) is 1. The van der Waals surface area contributed by atoms with Gasteiger partial charge in [0.05, 0.1) is 12.6 Å². The molecule has 2 aromatic rings. The summed E-state index contributed by atoms with van der Waals surface area (Å²) in [4.78, 5) is 39.1. The fourth-order valence-corrected chi connectivity index (χ4v) is 5.69. The largest absolute Gasteiger partial charge is 0.440 e. The number of amides is 3. The monoisotopic (exact) mass is 585 g/mol. The van der Waals surface area contributed by atoms with E-state index < -0.39 is 35.6 Å². The number of halogens is 1. The van der Waals surface area contributed by atoms with E-state index in [1.54, 1.807) is 6.07 Å². The van der Waals surface area contributed by atoms with Crippen molar-refractivity contribution in [3.05, 3.63) is 70.7 Å². The molecule has 224 valence electrons. The van der Waals surface area contributed by atoms with E-state index in [1.807, 2.05) is 90.1 Å². The van der Waals surface area contributed by atoms with E-state index in [-0.39, 0.29) is 29.9 Å². The maximum Gasteiger partial charge on any atom is 0.408 e. The highest BCUT2D eigenvalue weighted by molar-refractivity contribution is 6.30. The first kappa shape index (κ1) is 32.4. The van der Waals surface area contributed by atoms with E-state index in [1.165, 1.54) is 0 Å². The van der Waals surface area contributed by atoms with Crippen LogP contribution in [0.25, 0.3) is 0 Å². The van der Waals surface area contributed by atoms with Crippen LogP contribution in [0.5, 0.6) is 0 Å². The number of nitrogens with one attached hydrogen (secondary N) is 3. The van der Waals surface area contributed by atoms with Crippen LogP contribution in [0.1, 0.15) is 78.0 Å². The molecule has 0 bridgehead atoms. The van der Waals surface area contributed by atoms with Crippen LogP contribution in [0.15, 0.2) is 54.6 Å². The van der Waals surface area contributed by atoms with E-state index in [9.17, 15) is 19.5 Å². The first-order valence-corrected chi connectivity index (χ1v) is 14.6. The van der Waals surface area contributed by atoms with Gasteiger partial charge >= 0.3 is 6.09 Å². The molecule has 0 radical (unpaired) electrons. The highest BCUT2D eigenvalue weighted by Crippen LogP contribution is 2.40. The van der Waals surface area contributed by atoms with E-state index in [0.29, 0.717) is 24.3 Å². The molecule has 0 aromatic heterocycles. The van der Waals surface area contributed by atoms with Crippen molar-refractivity contribution >= 4 is 29.5 Å². The quantitative estimate of drug-likeness (QED) is 0.270. The van der Waals surface area contributed by atoms with E-state index in [2.05, 4.69) is 16.0 Å². The molecule has 4 N–H and O–H groups in total. The predicted octanol–water partition coefficient (Wildman–Crippen LogP) is 5.28. The van der Waals surface area contributed by atoms with Crippen LogP contribution in [-0.2, 0) is 19.7 Å². The minimum atomic E-state index is -0.892. The summed E-state index contributed by atoms with van der Waals surface area (Å²) in [5.41, 5.74) is 0.714. The second kappa shape index (κ2) is 13.7. The zero-order chi connectivity index (χ0) is 30.4. The highest BCUT2D eigenvalue weighted by Gasteiger charge is 2.39. The smallest absolute Gasteiger partial charge is 0.408 e. The lowest BCUT2D eigenvalue weighted by Crippen LogP contribution is -2.52. The molecule has 1 aliphatic heterocycles. The second-order valence-corrected chi connectivity index (χ2v) is 13.1. The first-order chi connectivity index (χ1) is 19.2. The Balaban J connectivity index is 1.76. The van der Waals surface area contributed by atoms with Crippen molar-refractivity contribution < 1.29 is 24.2 Å². The Morgan fingerprint density at radius 2 is 1.80 bits per heavy atom. The number of rotatable bonds is 12. The number of ether oxygens (including phenoxy) is 1. The molecule has 1 fully saturated rings. The standard InChI is InChI=1S/C32H44ClN3O5/c1-20(2)15-26(29(39)34-25(19-37)16-22-18-31(3,4)36-28(22)38)35-30(40)41-27(21-11-8-7-9-12-21)32(5,6)23-13-10-14-24(33)17-23/h7-14,17,20,22,25-27,37H,15-16,18-19H2,1-6H3,(H,34,39)(H,35,40)(H,36,38). The van der Waals surface area contributed by atoms with Crippen molar-refractivity contribution in [2.45, 2.75) is 89.9 Å². The number of hydrogen-bond acceptors (Lipinski definition) is 5. The topological polar surface area (TPSA) is 117 Å². The Bertz CT molecular complexity index is 1200.